The molecule has 1 fully saturated rings. The predicted octanol–water partition coefficient (Wildman–Crippen LogP) is 2.06. The molecule has 4 nitrogen and oxygen atoms in total. The van der Waals surface area contributed by atoms with Gasteiger partial charge in [0.1, 0.15) is 11.9 Å². The van der Waals surface area contributed by atoms with E-state index < -0.39 is 0 Å². The Morgan fingerprint density at radius 2 is 2.21 bits per heavy atom. The third-order valence-corrected chi connectivity index (χ3v) is 3.96. The molecule has 0 spiro atoms. The van der Waals surface area contributed by atoms with E-state index in [2.05, 4.69) is 33.8 Å². The van der Waals surface area contributed by atoms with Crippen LogP contribution in [0.4, 0.5) is 0 Å². The number of aromatic nitrogens is 2. The predicted molar refractivity (Wildman–Crippen MR) is 73.9 cm³/mol. The molecule has 0 bridgehead atoms. The summed E-state index contributed by atoms with van der Waals surface area (Å²) in [4.78, 5) is 4.54. The molecule has 0 aliphatic carbocycles. The largest absolute Gasteiger partial charge is 0.317 e. The van der Waals surface area contributed by atoms with Gasteiger partial charge in [0.25, 0.3) is 0 Å². The molecule has 0 saturated carbocycles. The quantitative estimate of drug-likeness (QED) is 0.892. The molecule has 4 heteroatoms. The number of imidazole rings is 1. The Labute approximate surface area is 113 Å². The lowest BCUT2D eigenvalue weighted by atomic mass is 9.94. The van der Waals surface area contributed by atoms with E-state index in [1.807, 2.05) is 12.1 Å². The lowest BCUT2D eigenvalue weighted by molar-refractivity contribution is 0.366. The molecule has 0 amide bonds. The van der Waals surface area contributed by atoms with Gasteiger partial charge in [0.05, 0.1) is 5.52 Å². The number of rotatable bonds is 2. The first-order valence-electron chi connectivity index (χ1n) is 6.87. The number of piperidine rings is 1. The van der Waals surface area contributed by atoms with Crippen molar-refractivity contribution in [1.29, 1.82) is 5.26 Å². The van der Waals surface area contributed by atoms with Gasteiger partial charge < -0.3 is 5.32 Å². The van der Waals surface area contributed by atoms with Gasteiger partial charge in [-0.05, 0) is 50.9 Å². The van der Waals surface area contributed by atoms with Crippen molar-refractivity contribution in [3.05, 3.63) is 35.4 Å². The second-order valence-electron chi connectivity index (χ2n) is 5.27. The van der Waals surface area contributed by atoms with E-state index in [-0.39, 0.29) is 0 Å². The molecule has 3 rings (SSSR count). The summed E-state index contributed by atoms with van der Waals surface area (Å²) < 4.78 is 2.14. The van der Waals surface area contributed by atoms with Crippen LogP contribution < -0.4 is 5.32 Å². The number of pyridine rings is 1. The zero-order valence-electron chi connectivity index (χ0n) is 11.2. The molecule has 3 heterocycles. The zero-order chi connectivity index (χ0) is 13.2. The Kier molecular flexibility index (Phi) is 3.22. The monoisotopic (exact) mass is 254 g/mol. The van der Waals surface area contributed by atoms with Crippen LogP contribution in [0.2, 0.25) is 0 Å². The molecule has 98 valence electrons. The van der Waals surface area contributed by atoms with Crippen molar-refractivity contribution in [1.82, 2.24) is 14.7 Å². The minimum atomic E-state index is 0.549. The lowest BCUT2D eigenvalue weighted by Gasteiger charge is -2.22. The van der Waals surface area contributed by atoms with Crippen LogP contribution in [-0.2, 0) is 6.42 Å². The first-order valence-corrected chi connectivity index (χ1v) is 6.87. The van der Waals surface area contributed by atoms with Crippen LogP contribution in [0.5, 0.6) is 0 Å². The summed E-state index contributed by atoms with van der Waals surface area (Å²) in [5.74, 6) is 1.72. The number of hydrogen-bond donors (Lipinski definition) is 1. The fourth-order valence-corrected chi connectivity index (χ4v) is 2.94. The SMILES string of the molecule is Cc1cccc2c(C#N)nc(CC3CCNCC3)n12. The molecular weight excluding hydrogens is 236 g/mol. The zero-order valence-corrected chi connectivity index (χ0v) is 11.2. The van der Waals surface area contributed by atoms with Gasteiger partial charge in [-0.2, -0.15) is 5.26 Å². The van der Waals surface area contributed by atoms with Crippen LogP contribution in [0.1, 0.15) is 30.1 Å². The summed E-state index contributed by atoms with van der Waals surface area (Å²) in [5, 5.41) is 12.6. The van der Waals surface area contributed by atoms with Crippen LogP contribution in [0, 0.1) is 24.2 Å². The summed E-state index contributed by atoms with van der Waals surface area (Å²) in [5.41, 5.74) is 2.63. The van der Waals surface area contributed by atoms with Gasteiger partial charge in [0.15, 0.2) is 5.69 Å². The van der Waals surface area contributed by atoms with E-state index in [1.54, 1.807) is 0 Å². The van der Waals surface area contributed by atoms with E-state index in [1.165, 1.54) is 12.8 Å². The number of hydrogen-bond acceptors (Lipinski definition) is 3. The Hall–Kier alpha value is -1.86. The topological polar surface area (TPSA) is 53.1 Å². The van der Waals surface area contributed by atoms with Crippen LogP contribution in [0.3, 0.4) is 0 Å². The highest BCUT2D eigenvalue weighted by Crippen LogP contribution is 2.21. The van der Waals surface area contributed by atoms with Gasteiger partial charge in [0.2, 0.25) is 0 Å². The van der Waals surface area contributed by atoms with E-state index in [0.29, 0.717) is 11.6 Å². The van der Waals surface area contributed by atoms with E-state index in [9.17, 15) is 5.26 Å². The molecule has 2 aromatic heterocycles. The maximum atomic E-state index is 9.21. The molecule has 1 N–H and O–H groups in total. The molecule has 1 aliphatic heterocycles. The van der Waals surface area contributed by atoms with Gasteiger partial charge in [-0.3, -0.25) is 4.40 Å². The molecular formula is C15H18N4. The smallest absolute Gasteiger partial charge is 0.166 e. The minimum Gasteiger partial charge on any atom is -0.317 e. The van der Waals surface area contributed by atoms with Crippen molar-refractivity contribution in [2.75, 3.05) is 13.1 Å². The highest BCUT2D eigenvalue weighted by atomic mass is 15.0. The third-order valence-electron chi connectivity index (χ3n) is 3.96. The normalized spacial score (nSPS) is 16.6. The molecule has 1 aliphatic rings. The summed E-state index contributed by atoms with van der Waals surface area (Å²) in [7, 11) is 0. The van der Waals surface area contributed by atoms with Gasteiger partial charge >= 0.3 is 0 Å². The number of nitrogens with zero attached hydrogens (tertiary/aromatic N) is 3. The van der Waals surface area contributed by atoms with E-state index in [0.717, 1.165) is 36.5 Å². The molecule has 2 aromatic rings. The van der Waals surface area contributed by atoms with Crippen molar-refractivity contribution < 1.29 is 0 Å². The van der Waals surface area contributed by atoms with Gasteiger partial charge in [-0.25, -0.2) is 4.98 Å². The Morgan fingerprint density at radius 1 is 1.42 bits per heavy atom. The second-order valence-corrected chi connectivity index (χ2v) is 5.27. The molecule has 1 saturated heterocycles. The number of nitriles is 1. The standard InChI is InChI=1S/C15H18N4/c1-11-3-2-4-14-13(10-16)18-15(19(11)14)9-12-5-7-17-8-6-12/h2-4,12,17H,5-9H2,1H3. The van der Waals surface area contributed by atoms with Crippen molar-refractivity contribution in [2.45, 2.75) is 26.2 Å². The summed E-state index contributed by atoms with van der Waals surface area (Å²) in [6.07, 6.45) is 3.36. The van der Waals surface area contributed by atoms with Gasteiger partial charge in [-0.1, -0.05) is 6.07 Å². The molecule has 0 unspecified atom stereocenters. The number of nitrogens with one attached hydrogen (secondary N) is 1. The fourth-order valence-electron chi connectivity index (χ4n) is 2.94. The molecule has 19 heavy (non-hydrogen) atoms. The van der Waals surface area contributed by atoms with Crippen molar-refractivity contribution in [3.8, 4) is 6.07 Å². The molecule has 0 radical (unpaired) electrons. The highest BCUT2D eigenvalue weighted by Gasteiger charge is 2.18. The lowest BCUT2D eigenvalue weighted by Crippen LogP contribution is -2.29. The third kappa shape index (κ3) is 2.22. The highest BCUT2D eigenvalue weighted by molar-refractivity contribution is 5.59. The van der Waals surface area contributed by atoms with Gasteiger partial charge in [0, 0.05) is 12.1 Å². The first kappa shape index (κ1) is 12.2. The fraction of sp³-hybridized carbons (Fsp3) is 0.467. The second kappa shape index (κ2) is 5.02. The van der Waals surface area contributed by atoms with Crippen LogP contribution >= 0.6 is 0 Å². The van der Waals surface area contributed by atoms with Crippen LogP contribution in [0.15, 0.2) is 18.2 Å². The van der Waals surface area contributed by atoms with Crippen molar-refractivity contribution in [3.63, 3.8) is 0 Å². The summed E-state index contributed by atoms with van der Waals surface area (Å²) in [6, 6.07) is 8.25. The van der Waals surface area contributed by atoms with Crippen LogP contribution in [0.25, 0.3) is 5.52 Å². The van der Waals surface area contributed by atoms with E-state index in [4.69, 9.17) is 0 Å². The van der Waals surface area contributed by atoms with Crippen molar-refractivity contribution in [2.24, 2.45) is 5.92 Å². The Bertz CT molecular complexity index is 629. The van der Waals surface area contributed by atoms with Gasteiger partial charge in [-0.15, -0.1) is 0 Å². The average molecular weight is 254 g/mol. The Morgan fingerprint density at radius 3 is 2.95 bits per heavy atom. The molecule has 0 atom stereocenters. The maximum absolute atomic E-state index is 9.21. The Balaban J connectivity index is 2.01. The first-order chi connectivity index (χ1) is 9.29. The minimum absolute atomic E-state index is 0.549. The average Bonchev–Trinajstić information content (AvgIpc) is 2.79. The molecule has 0 aromatic carbocycles. The summed E-state index contributed by atoms with van der Waals surface area (Å²) >= 11 is 0. The summed E-state index contributed by atoms with van der Waals surface area (Å²) in [6.45, 7) is 4.26. The van der Waals surface area contributed by atoms with Crippen LogP contribution in [-0.4, -0.2) is 22.5 Å². The number of fused-ring (bicyclic) bond motifs is 1. The van der Waals surface area contributed by atoms with E-state index >= 15 is 0 Å². The van der Waals surface area contributed by atoms with Crippen molar-refractivity contribution >= 4 is 5.52 Å². The maximum Gasteiger partial charge on any atom is 0.166 e. The number of aryl methyl sites for hydroxylation is 1.